The maximum absolute atomic E-state index is 12.6. The number of pyridine rings is 1. The van der Waals surface area contributed by atoms with E-state index in [1.54, 1.807) is 6.20 Å². The largest absolute Gasteiger partial charge is 0.384 e. The van der Waals surface area contributed by atoms with Gasteiger partial charge in [0.1, 0.15) is 5.82 Å². The summed E-state index contributed by atoms with van der Waals surface area (Å²) in [5.74, 6) is 1.35. The van der Waals surface area contributed by atoms with Crippen LogP contribution in [0.5, 0.6) is 0 Å². The second-order valence-corrected chi connectivity index (χ2v) is 8.84. The van der Waals surface area contributed by atoms with Crippen molar-refractivity contribution >= 4 is 23.2 Å². The first-order chi connectivity index (χ1) is 15.4. The Kier molecular flexibility index (Phi) is 8.09. The molecule has 0 unspecified atom stereocenters. The smallest absolute Gasteiger partial charge is 0.265 e. The lowest BCUT2D eigenvalue weighted by atomic mass is 9.92. The zero-order valence-corrected chi connectivity index (χ0v) is 19.6. The summed E-state index contributed by atoms with van der Waals surface area (Å²) in [6.07, 6.45) is 5.27. The van der Waals surface area contributed by atoms with Crippen LogP contribution < -0.4 is 16.0 Å². The molecule has 0 atom stereocenters. The number of carbonyl (C=O) groups is 1. The van der Waals surface area contributed by atoms with Gasteiger partial charge in [0.15, 0.2) is 12.4 Å². The van der Waals surface area contributed by atoms with E-state index in [1.807, 2.05) is 30.3 Å². The van der Waals surface area contributed by atoms with Crippen LogP contribution in [-0.2, 0) is 9.63 Å². The van der Waals surface area contributed by atoms with Crippen LogP contribution in [0.3, 0.4) is 0 Å². The van der Waals surface area contributed by atoms with E-state index in [1.165, 1.54) is 6.42 Å². The molecule has 3 rings (SSSR count). The summed E-state index contributed by atoms with van der Waals surface area (Å²) < 4.78 is 0. The first-order valence-electron chi connectivity index (χ1n) is 11.5. The predicted molar refractivity (Wildman–Crippen MR) is 130 cm³/mol. The normalized spacial score (nSPS) is 14.7. The molecule has 2 aromatic rings. The van der Waals surface area contributed by atoms with Crippen LogP contribution in [0, 0.1) is 0 Å². The third-order valence-corrected chi connectivity index (χ3v) is 5.71. The summed E-state index contributed by atoms with van der Waals surface area (Å²) >= 11 is 0. The monoisotopic (exact) mass is 437 g/mol. The van der Waals surface area contributed by atoms with Gasteiger partial charge in [-0.25, -0.2) is 4.98 Å². The second kappa shape index (κ2) is 11.0. The number of para-hydroxylation sites is 1. The van der Waals surface area contributed by atoms with Crippen molar-refractivity contribution in [2.24, 2.45) is 10.9 Å². The van der Waals surface area contributed by atoms with Gasteiger partial charge >= 0.3 is 0 Å². The van der Waals surface area contributed by atoms with Gasteiger partial charge in [-0.3, -0.25) is 4.79 Å². The lowest BCUT2D eigenvalue weighted by Crippen LogP contribution is -2.32. The van der Waals surface area contributed by atoms with Gasteiger partial charge in [-0.05, 0) is 54.4 Å². The Balaban J connectivity index is 1.68. The predicted octanol–water partition coefficient (Wildman–Crippen LogP) is 4.59. The highest BCUT2D eigenvalue weighted by atomic mass is 16.6. The number of amidine groups is 1. The zero-order chi connectivity index (χ0) is 23.1. The Bertz CT molecular complexity index is 923. The number of piperidine rings is 1. The van der Waals surface area contributed by atoms with Crippen molar-refractivity contribution in [3.05, 3.63) is 53.2 Å². The molecule has 7 nitrogen and oxygen atoms in total. The van der Waals surface area contributed by atoms with Crippen molar-refractivity contribution in [1.29, 1.82) is 0 Å². The van der Waals surface area contributed by atoms with E-state index < -0.39 is 0 Å². The third kappa shape index (κ3) is 5.78. The Hall–Kier alpha value is -3.09. The summed E-state index contributed by atoms with van der Waals surface area (Å²) in [5.41, 5.74) is 9.99. The number of hydrogen-bond donors (Lipinski definition) is 2. The minimum Gasteiger partial charge on any atom is -0.384 e. The van der Waals surface area contributed by atoms with Gasteiger partial charge in [0.05, 0.1) is 5.56 Å². The van der Waals surface area contributed by atoms with Crippen LogP contribution >= 0.6 is 0 Å². The minimum absolute atomic E-state index is 0.218. The summed E-state index contributed by atoms with van der Waals surface area (Å²) in [7, 11) is 0. The van der Waals surface area contributed by atoms with Crippen molar-refractivity contribution in [3.63, 3.8) is 0 Å². The van der Waals surface area contributed by atoms with Crippen LogP contribution in [0.1, 0.15) is 75.5 Å². The molecule has 0 spiro atoms. The third-order valence-electron chi connectivity index (χ3n) is 5.71. The Morgan fingerprint density at radius 2 is 1.75 bits per heavy atom. The van der Waals surface area contributed by atoms with Crippen molar-refractivity contribution in [3.8, 4) is 0 Å². The summed E-state index contributed by atoms with van der Waals surface area (Å²) in [5, 5.41) is 7.04. The molecule has 1 saturated heterocycles. The minimum atomic E-state index is -0.265. The SMILES string of the molecule is CC(C)c1cccc(C(C)C)c1NC(=O)CO/N=C(\N)c1cccnc1N1CCCCC1. The number of hydrogen-bond acceptors (Lipinski definition) is 5. The standard InChI is InChI=1S/C25H35N5O2/c1-17(2)19-10-8-11-20(18(3)4)23(19)28-22(31)16-32-29-24(26)21-12-9-13-27-25(21)30-14-6-5-7-15-30/h8-13,17-18H,5-7,14-16H2,1-4H3,(H2,26,29)(H,28,31). The van der Waals surface area contributed by atoms with Crippen molar-refractivity contribution < 1.29 is 9.63 Å². The Labute approximate surface area is 191 Å². The maximum Gasteiger partial charge on any atom is 0.265 e. The number of carbonyl (C=O) groups excluding carboxylic acids is 1. The quantitative estimate of drug-likeness (QED) is 0.358. The lowest BCUT2D eigenvalue weighted by Gasteiger charge is -2.29. The highest BCUT2D eigenvalue weighted by Gasteiger charge is 2.18. The van der Waals surface area contributed by atoms with Crippen LogP contribution in [0.25, 0.3) is 0 Å². The summed E-state index contributed by atoms with van der Waals surface area (Å²) in [6.45, 7) is 10.1. The van der Waals surface area contributed by atoms with Crippen molar-refractivity contribution in [2.45, 2.75) is 58.8 Å². The molecule has 2 heterocycles. The van der Waals surface area contributed by atoms with E-state index in [0.717, 1.165) is 54.1 Å². The molecule has 1 aromatic carbocycles. The van der Waals surface area contributed by atoms with Crippen LogP contribution in [-0.4, -0.2) is 36.4 Å². The molecule has 32 heavy (non-hydrogen) atoms. The van der Waals surface area contributed by atoms with Gasteiger partial charge in [0.25, 0.3) is 5.91 Å². The topological polar surface area (TPSA) is 92.8 Å². The molecule has 0 saturated carbocycles. The Morgan fingerprint density at radius 3 is 2.38 bits per heavy atom. The number of rotatable bonds is 8. The fraction of sp³-hybridized carbons (Fsp3) is 0.480. The molecule has 1 aliphatic rings. The van der Waals surface area contributed by atoms with Crippen molar-refractivity contribution in [1.82, 2.24) is 4.98 Å². The maximum atomic E-state index is 12.6. The first kappa shape index (κ1) is 23.6. The first-order valence-corrected chi connectivity index (χ1v) is 11.5. The van der Waals surface area contributed by atoms with E-state index in [-0.39, 0.29) is 30.2 Å². The average Bonchev–Trinajstić information content (AvgIpc) is 2.79. The molecule has 3 N–H and O–H groups in total. The van der Waals surface area contributed by atoms with Crippen molar-refractivity contribution in [2.75, 3.05) is 29.9 Å². The number of amides is 1. The average molecular weight is 438 g/mol. The fourth-order valence-corrected chi connectivity index (χ4v) is 4.04. The number of benzene rings is 1. The highest BCUT2D eigenvalue weighted by Crippen LogP contribution is 2.32. The van der Waals surface area contributed by atoms with E-state index >= 15 is 0 Å². The van der Waals surface area contributed by atoms with Crippen LogP contribution in [0.15, 0.2) is 41.7 Å². The second-order valence-electron chi connectivity index (χ2n) is 8.84. The van der Waals surface area contributed by atoms with E-state index in [2.05, 4.69) is 48.1 Å². The molecular weight excluding hydrogens is 402 g/mol. The van der Waals surface area contributed by atoms with Gasteiger partial charge in [-0.15, -0.1) is 0 Å². The Morgan fingerprint density at radius 1 is 1.09 bits per heavy atom. The molecule has 0 radical (unpaired) electrons. The molecule has 1 aliphatic heterocycles. The number of aromatic nitrogens is 1. The summed E-state index contributed by atoms with van der Waals surface area (Å²) in [6, 6.07) is 9.85. The van der Waals surface area contributed by atoms with Gasteiger partial charge in [0, 0.05) is 25.0 Å². The summed E-state index contributed by atoms with van der Waals surface area (Å²) in [4.78, 5) is 24.7. The molecule has 0 aliphatic carbocycles. The van der Waals surface area contributed by atoms with E-state index in [0.29, 0.717) is 0 Å². The number of anilines is 2. The number of nitrogens with zero attached hydrogens (tertiary/aromatic N) is 3. The molecule has 7 heteroatoms. The van der Waals surface area contributed by atoms with Crippen LogP contribution in [0.2, 0.25) is 0 Å². The number of nitrogens with one attached hydrogen (secondary N) is 1. The molecule has 1 amide bonds. The molecule has 1 aromatic heterocycles. The number of oxime groups is 1. The van der Waals surface area contributed by atoms with E-state index in [9.17, 15) is 4.79 Å². The molecule has 1 fully saturated rings. The van der Waals surface area contributed by atoms with Gasteiger partial charge < -0.3 is 20.8 Å². The zero-order valence-electron chi connectivity index (χ0n) is 19.6. The highest BCUT2D eigenvalue weighted by molar-refractivity contribution is 6.01. The fourth-order valence-electron chi connectivity index (χ4n) is 4.04. The van der Waals surface area contributed by atoms with E-state index in [4.69, 9.17) is 10.6 Å². The number of nitrogens with two attached hydrogens (primary N) is 1. The van der Waals surface area contributed by atoms with Gasteiger partial charge in [-0.1, -0.05) is 51.0 Å². The molecular formula is C25H35N5O2. The van der Waals surface area contributed by atoms with Gasteiger partial charge in [-0.2, -0.15) is 0 Å². The van der Waals surface area contributed by atoms with Crippen LogP contribution in [0.4, 0.5) is 11.5 Å². The molecule has 0 bridgehead atoms. The van der Waals surface area contributed by atoms with Gasteiger partial charge in [0.2, 0.25) is 0 Å². The lowest BCUT2D eigenvalue weighted by molar-refractivity contribution is -0.120. The molecule has 172 valence electrons.